The third kappa shape index (κ3) is 4.12. The number of rotatable bonds is 4. The summed E-state index contributed by atoms with van der Waals surface area (Å²) in [4.78, 5) is 54.7. The number of nitrogens with zero attached hydrogens (tertiary/aromatic N) is 2. The van der Waals surface area contributed by atoms with Gasteiger partial charge in [0.25, 0.3) is 0 Å². The molecule has 0 spiro atoms. The maximum Gasteiger partial charge on any atom is 0.316 e. The van der Waals surface area contributed by atoms with Crippen molar-refractivity contribution in [2.24, 2.45) is 23.7 Å². The second-order valence-corrected chi connectivity index (χ2v) is 10.3. The molecule has 36 heavy (non-hydrogen) atoms. The predicted molar refractivity (Wildman–Crippen MR) is 136 cm³/mol. The monoisotopic (exact) mass is 486 g/mol. The molecule has 0 unspecified atom stereocenters. The fourth-order valence-electron chi connectivity index (χ4n) is 5.75. The molecule has 4 atom stereocenters. The van der Waals surface area contributed by atoms with E-state index in [4.69, 9.17) is 4.74 Å². The molecule has 2 heterocycles. The third-order valence-electron chi connectivity index (χ3n) is 7.48. The Balaban J connectivity index is 1.29. The summed E-state index contributed by atoms with van der Waals surface area (Å²) < 4.78 is 5.63. The second kappa shape index (κ2) is 9.04. The van der Waals surface area contributed by atoms with Crippen molar-refractivity contribution in [1.82, 2.24) is 0 Å². The van der Waals surface area contributed by atoms with Crippen LogP contribution in [0.2, 0.25) is 0 Å². The van der Waals surface area contributed by atoms with E-state index in [1.807, 2.05) is 51.1 Å². The summed E-state index contributed by atoms with van der Waals surface area (Å²) in [7, 11) is 0. The number of anilines is 2. The lowest BCUT2D eigenvalue weighted by atomic mass is 9.78. The summed E-state index contributed by atoms with van der Waals surface area (Å²) in [6, 6.07) is 10.8. The van der Waals surface area contributed by atoms with E-state index in [2.05, 4.69) is 0 Å². The lowest BCUT2D eigenvalue weighted by molar-refractivity contribution is -0.139. The molecule has 1 aliphatic carbocycles. The minimum atomic E-state index is -0.572. The van der Waals surface area contributed by atoms with E-state index in [0.29, 0.717) is 23.4 Å². The van der Waals surface area contributed by atoms with Crippen molar-refractivity contribution >= 4 is 35.1 Å². The van der Waals surface area contributed by atoms with Crippen LogP contribution in [0.5, 0.6) is 5.75 Å². The van der Waals surface area contributed by atoms with E-state index in [9.17, 15) is 19.2 Å². The quantitative estimate of drug-likeness (QED) is 0.279. The zero-order valence-corrected chi connectivity index (χ0v) is 21.0. The van der Waals surface area contributed by atoms with Crippen molar-refractivity contribution < 1.29 is 23.9 Å². The number of fused-ring (bicyclic) bond motifs is 1. The molecule has 5 rings (SSSR count). The molecule has 0 bridgehead atoms. The van der Waals surface area contributed by atoms with Crippen LogP contribution in [0.15, 0.2) is 48.6 Å². The first kappa shape index (κ1) is 24.0. The molecule has 2 aliphatic heterocycles. The standard InChI is InChI=1S/C29H30N2O5/c1-16-10-17(2)12-21(11-16)30-15-20(14-25(30)32)29(35)36-22-8-9-24(19(4)13-22)31-27(33)23-7-5-6-18(3)26(23)28(31)34/h5-6,8-13,18,20,23,26H,7,14-15H2,1-4H3/t18-,20+,23-,26-/m0/s1. The molecule has 0 saturated carbocycles. The van der Waals surface area contributed by atoms with E-state index >= 15 is 0 Å². The lowest BCUT2D eigenvalue weighted by Gasteiger charge is -2.22. The van der Waals surface area contributed by atoms with Crippen LogP contribution in [0.1, 0.15) is 36.5 Å². The van der Waals surface area contributed by atoms with Crippen LogP contribution in [0.4, 0.5) is 11.4 Å². The molecule has 7 nitrogen and oxygen atoms in total. The van der Waals surface area contributed by atoms with Crippen LogP contribution in [0.25, 0.3) is 0 Å². The average molecular weight is 487 g/mol. The highest BCUT2D eigenvalue weighted by Crippen LogP contribution is 2.41. The van der Waals surface area contributed by atoms with Crippen LogP contribution in [0.3, 0.4) is 0 Å². The van der Waals surface area contributed by atoms with Gasteiger partial charge in [-0.3, -0.25) is 19.2 Å². The Hall–Kier alpha value is -3.74. The van der Waals surface area contributed by atoms with Crippen molar-refractivity contribution in [3.05, 3.63) is 65.2 Å². The van der Waals surface area contributed by atoms with Gasteiger partial charge in [0.2, 0.25) is 17.7 Å². The van der Waals surface area contributed by atoms with Gasteiger partial charge in [-0.2, -0.15) is 0 Å². The number of hydrogen-bond acceptors (Lipinski definition) is 5. The van der Waals surface area contributed by atoms with Gasteiger partial charge in [-0.05, 0) is 80.1 Å². The number of amides is 3. The largest absolute Gasteiger partial charge is 0.426 e. The van der Waals surface area contributed by atoms with Crippen molar-refractivity contribution in [3.8, 4) is 5.75 Å². The highest BCUT2D eigenvalue weighted by molar-refractivity contribution is 6.22. The van der Waals surface area contributed by atoms with Gasteiger partial charge < -0.3 is 9.64 Å². The number of benzene rings is 2. The van der Waals surface area contributed by atoms with Gasteiger partial charge in [0.15, 0.2) is 0 Å². The molecule has 0 aromatic heterocycles. The van der Waals surface area contributed by atoms with Crippen LogP contribution in [-0.2, 0) is 19.2 Å². The van der Waals surface area contributed by atoms with E-state index in [-0.39, 0.29) is 48.4 Å². The topological polar surface area (TPSA) is 84.0 Å². The minimum absolute atomic E-state index is 0.0168. The summed E-state index contributed by atoms with van der Waals surface area (Å²) >= 11 is 0. The molecule has 3 aliphatic rings. The van der Waals surface area contributed by atoms with Crippen LogP contribution in [-0.4, -0.2) is 30.2 Å². The third-order valence-corrected chi connectivity index (χ3v) is 7.48. The second-order valence-electron chi connectivity index (χ2n) is 10.3. The van der Waals surface area contributed by atoms with Crippen molar-refractivity contribution in [1.29, 1.82) is 0 Å². The maximum absolute atomic E-state index is 13.1. The van der Waals surface area contributed by atoms with Gasteiger partial charge in [0.05, 0.1) is 23.4 Å². The average Bonchev–Trinajstić information content (AvgIpc) is 3.32. The summed E-state index contributed by atoms with van der Waals surface area (Å²) in [5.74, 6) is -1.82. The molecule has 0 N–H and O–H groups in total. The van der Waals surface area contributed by atoms with Gasteiger partial charge in [-0.1, -0.05) is 25.1 Å². The van der Waals surface area contributed by atoms with Crippen molar-refractivity contribution in [3.63, 3.8) is 0 Å². The molecule has 186 valence electrons. The molecule has 3 amide bonds. The summed E-state index contributed by atoms with van der Waals surface area (Å²) in [5, 5.41) is 0. The van der Waals surface area contributed by atoms with Crippen LogP contribution in [0, 0.1) is 44.4 Å². The molecular formula is C29H30N2O5. The molecule has 2 aromatic rings. The van der Waals surface area contributed by atoms with Gasteiger partial charge in [-0.25, -0.2) is 4.90 Å². The van der Waals surface area contributed by atoms with Crippen molar-refractivity contribution in [2.45, 2.75) is 40.5 Å². The first-order valence-electron chi connectivity index (χ1n) is 12.4. The van der Waals surface area contributed by atoms with E-state index in [1.165, 1.54) is 4.90 Å². The molecule has 2 saturated heterocycles. The zero-order valence-electron chi connectivity index (χ0n) is 21.0. The fourth-order valence-corrected chi connectivity index (χ4v) is 5.75. The Labute approximate surface area is 210 Å². The van der Waals surface area contributed by atoms with Gasteiger partial charge in [0.1, 0.15) is 5.75 Å². The Kier molecular flexibility index (Phi) is 6.02. The molecule has 7 heteroatoms. The summed E-state index contributed by atoms with van der Waals surface area (Å²) in [5.41, 5.74) is 4.08. The lowest BCUT2D eigenvalue weighted by Crippen LogP contribution is -2.32. The smallest absolute Gasteiger partial charge is 0.316 e. The number of carbonyl (C=O) groups excluding carboxylic acids is 4. The molecular weight excluding hydrogens is 456 g/mol. The fraction of sp³-hybridized carbons (Fsp3) is 0.379. The highest BCUT2D eigenvalue weighted by Gasteiger charge is 2.50. The van der Waals surface area contributed by atoms with E-state index < -0.39 is 11.9 Å². The van der Waals surface area contributed by atoms with E-state index in [0.717, 1.165) is 16.8 Å². The van der Waals surface area contributed by atoms with Crippen LogP contribution >= 0.6 is 0 Å². The van der Waals surface area contributed by atoms with Gasteiger partial charge in [-0.15, -0.1) is 0 Å². The number of allylic oxidation sites excluding steroid dienone is 2. The van der Waals surface area contributed by atoms with Crippen LogP contribution < -0.4 is 14.5 Å². The predicted octanol–water partition coefficient (Wildman–Crippen LogP) is 4.27. The molecule has 2 aromatic carbocycles. The number of aryl methyl sites for hydroxylation is 3. The summed E-state index contributed by atoms with van der Waals surface area (Å²) in [6.07, 6.45) is 4.64. The van der Waals surface area contributed by atoms with Gasteiger partial charge in [0, 0.05) is 18.7 Å². The maximum atomic E-state index is 13.1. The Morgan fingerprint density at radius 2 is 1.69 bits per heavy atom. The number of esters is 1. The number of hydrogen-bond donors (Lipinski definition) is 0. The highest BCUT2D eigenvalue weighted by atomic mass is 16.5. The SMILES string of the molecule is Cc1cc(C)cc(N2C[C@H](C(=O)Oc3ccc(N4C(=O)[C@@H]5[C@H](CC=C[C@@H]5C)C4=O)c(C)c3)CC2=O)c1. The normalized spacial score (nSPS) is 25.5. The Bertz CT molecular complexity index is 1290. The first-order chi connectivity index (χ1) is 17.1. The minimum Gasteiger partial charge on any atom is -0.426 e. The Morgan fingerprint density at radius 3 is 2.36 bits per heavy atom. The zero-order chi connectivity index (χ0) is 25.7. The Morgan fingerprint density at radius 1 is 0.972 bits per heavy atom. The number of imide groups is 1. The molecule has 0 radical (unpaired) electrons. The number of carbonyl (C=O) groups is 4. The molecule has 2 fully saturated rings. The summed E-state index contributed by atoms with van der Waals surface area (Å²) in [6.45, 7) is 7.97. The number of ether oxygens (including phenoxy) is 1. The van der Waals surface area contributed by atoms with Crippen molar-refractivity contribution in [2.75, 3.05) is 16.3 Å². The van der Waals surface area contributed by atoms with Gasteiger partial charge >= 0.3 is 5.97 Å². The first-order valence-corrected chi connectivity index (χ1v) is 12.4. The van der Waals surface area contributed by atoms with E-state index in [1.54, 1.807) is 30.0 Å².